The first-order chi connectivity index (χ1) is 20.1. The molecule has 4 aromatic carbocycles. The molecular weight excluding hydrogens is 660 g/mol. The number of hydrogen-bond donors (Lipinski definition) is 3. The van der Waals surface area contributed by atoms with Crippen LogP contribution in [0.5, 0.6) is 0 Å². The second-order valence-electron chi connectivity index (χ2n) is 8.68. The van der Waals surface area contributed by atoms with Gasteiger partial charge in [0.2, 0.25) is 5.91 Å². The van der Waals surface area contributed by atoms with Gasteiger partial charge in [0.25, 0.3) is 5.91 Å². The van der Waals surface area contributed by atoms with E-state index in [4.69, 9.17) is 46.4 Å². The lowest BCUT2D eigenvalue weighted by atomic mass is 10.1. The summed E-state index contributed by atoms with van der Waals surface area (Å²) >= 11 is 27.1. The van der Waals surface area contributed by atoms with Crippen LogP contribution in [0.1, 0.15) is 31.5 Å². The summed E-state index contributed by atoms with van der Waals surface area (Å²) in [5, 5.41) is 13.8. The molecule has 0 fully saturated rings. The Kier molecular flexibility index (Phi) is 9.27. The van der Waals surface area contributed by atoms with Crippen molar-refractivity contribution >= 4 is 108 Å². The lowest BCUT2D eigenvalue weighted by molar-refractivity contribution is -0.115. The molecule has 13 heteroatoms. The fourth-order valence-corrected chi connectivity index (χ4v) is 6.99. The van der Waals surface area contributed by atoms with Gasteiger partial charge in [-0.05, 0) is 35.9 Å². The van der Waals surface area contributed by atoms with Gasteiger partial charge in [-0.25, -0.2) is 9.78 Å². The van der Waals surface area contributed by atoms with Crippen molar-refractivity contribution in [2.45, 2.75) is 10.1 Å². The highest BCUT2D eigenvalue weighted by molar-refractivity contribution is 8.00. The van der Waals surface area contributed by atoms with Crippen LogP contribution in [-0.4, -0.2) is 27.9 Å². The lowest BCUT2D eigenvalue weighted by Gasteiger charge is -2.17. The number of rotatable bonds is 8. The molecule has 212 valence electrons. The number of aromatic nitrogens is 1. The van der Waals surface area contributed by atoms with Gasteiger partial charge in [-0.3, -0.25) is 9.59 Å². The van der Waals surface area contributed by atoms with E-state index in [9.17, 15) is 19.5 Å². The summed E-state index contributed by atoms with van der Waals surface area (Å²) in [5.41, 5.74) is 0.866. The molecule has 0 spiro atoms. The molecule has 0 radical (unpaired) electrons. The number of hydrogen-bond acceptors (Lipinski definition) is 6. The van der Waals surface area contributed by atoms with Gasteiger partial charge in [0.1, 0.15) is 5.25 Å². The van der Waals surface area contributed by atoms with Crippen LogP contribution in [0.3, 0.4) is 0 Å². The smallest absolute Gasteiger partial charge is 0.338 e. The molecule has 5 aromatic rings. The summed E-state index contributed by atoms with van der Waals surface area (Å²) in [4.78, 5) is 43.8. The number of benzene rings is 4. The highest BCUT2D eigenvalue weighted by Crippen LogP contribution is 2.42. The number of carbonyl (C=O) groups is 3. The van der Waals surface area contributed by atoms with E-state index in [-0.39, 0.29) is 21.0 Å². The summed E-state index contributed by atoms with van der Waals surface area (Å²) in [6.45, 7) is 0. The van der Waals surface area contributed by atoms with Gasteiger partial charge in [0.05, 0.1) is 41.4 Å². The molecule has 0 saturated heterocycles. The number of thioether (sulfide) groups is 1. The van der Waals surface area contributed by atoms with Gasteiger partial charge in [-0.2, -0.15) is 0 Å². The zero-order valence-electron chi connectivity index (χ0n) is 21.0. The van der Waals surface area contributed by atoms with Crippen LogP contribution in [0.4, 0.5) is 10.8 Å². The standard InChI is InChI=1S/C29H17Cl4N3O4S2/c30-21-19(20(28(39)40)22(31)24(33)23(21)32)26(37)34-15-9-6-10-16(13-15)41-25(14-7-2-1-3-8-14)27(38)36-29-35-17-11-4-5-12-18(17)42-29/h1-13,25H,(H,34,37)(H,39,40)(H,35,36,38). The molecule has 0 aliphatic heterocycles. The summed E-state index contributed by atoms with van der Waals surface area (Å²) < 4.78 is 0.953. The van der Waals surface area contributed by atoms with Gasteiger partial charge >= 0.3 is 5.97 Å². The first-order valence-electron chi connectivity index (χ1n) is 12.0. The van der Waals surface area contributed by atoms with Crippen molar-refractivity contribution < 1.29 is 19.5 Å². The first kappa shape index (κ1) is 30.2. The van der Waals surface area contributed by atoms with Gasteiger partial charge < -0.3 is 15.7 Å². The van der Waals surface area contributed by atoms with Crippen LogP contribution < -0.4 is 10.6 Å². The van der Waals surface area contributed by atoms with E-state index in [2.05, 4.69) is 15.6 Å². The molecular formula is C29H17Cl4N3O4S2. The normalized spacial score (nSPS) is 11.7. The maximum absolute atomic E-state index is 13.5. The quantitative estimate of drug-likeness (QED) is 0.0859. The molecule has 1 unspecified atom stereocenters. The maximum atomic E-state index is 13.5. The zero-order chi connectivity index (χ0) is 30.0. The van der Waals surface area contributed by atoms with Crippen molar-refractivity contribution in [3.63, 3.8) is 0 Å². The highest BCUT2D eigenvalue weighted by atomic mass is 35.5. The van der Waals surface area contributed by atoms with E-state index in [1.54, 1.807) is 24.3 Å². The molecule has 0 aliphatic carbocycles. The fourth-order valence-electron chi connectivity index (χ4n) is 4.02. The Balaban J connectivity index is 1.41. The Morgan fingerprint density at radius 2 is 1.45 bits per heavy atom. The molecule has 0 aliphatic rings. The van der Waals surface area contributed by atoms with E-state index in [0.717, 1.165) is 15.8 Å². The average Bonchev–Trinajstić information content (AvgIpc) is 3.39. The van der Waals surface area contributed by atoms with E-state index in [1.807, 2.05) is 54.6 Å². The van der Waals surface area contributed by atoms with Crippen molar-refractivity contribution in [1.29, 1.82) is 0 Å². The SMILES string of the molecule is O=C(O)c1c(Cl)c(Cl)c(Cl)c(Cl)c1C(=O)Nc1cccc(SC(C(=O)Nc2nc3ccccc3s2)c2ccccc2)c1. The van der Waals surface area contributed by atoms with Crippen molar-refractivity contribution in [2.24, 2.45) is 0 Å². The molecule has 5 rings (SSSR count). The number of fused-ring (bicyclic) bond motifs is 1. The molecule has 3 N–H and O–H groups in total. The minimum Gasteiger partial charge on any atom is -0.478 e. The number of thiazole rings is 1. The predicted molar refractivity (Wildman–Crippen MR) is 171 cm³/mol. The summed E-state index contributed by atoms with van der Waals surface area (Å²) in [5.74, 6) is -2.63. The molecule has 2 amide bonds. The minimum atomic E-state index is -1.50. The number of amides is 2. The second-order valence-corrected chi connectivity index (χ2v) is 12.4. The summed E-state index contributed by atoms with van der Waals surface area (Å²) in [7, 11) is 0. The number of halogens is 4. The van der Waals surface area contributed by atoms with Crippen LogP contribution in [0.15, 0.2) is 83.8 Å². The number of nitrogens with one attached hydrogen (secondary N) is 2. The first-order valence-corrected chi connectivity index (χ1v) is 15.2. The monoisotopic (exact) mass is 675 g/mol. The predicted octanol–water partition coefficient (Wildman–Crippen LogP) is 9.33. The molecule has 0 saturated carbocycles. The number of para-hydroxylation sites is 1. The number of carbonyl (C=O) groups excluding carboxylic acids is 2. The molecule has 42 heavy (non-hydrogen) atoms. The van der Waals surface area contributed by atoms with Gasteiger partial charge in [-0.1, -0.05) is 106 Å². The average molecular weight is 677 g/mol. The van der Waals surface area contributed by atoms with Crippen molar-refractivity contribution in [2.75, 3.05) is 10.6 Å². The number of carboxylic acid groups (broad SMARTS) is 1. The number of aromatic carboxylic acids is 1. The molecule has 7 nitrogen and oxygen atoms in total. The van der Waals surface area contributed by atoms with Crippen LogP contribution >= 0.6 is 69.5 Å². The van der Waals surface area contributed by atoms with Crippen LogP contribution in [0.2, 0.25) is 20.1 Å². The maximum Gasteiger partial charge on any atom is 0.338 e. The minimum absolute atomic E-state index is 0.243. The van der Waals surface area contributed by atoms with Gasteiger partial charge in [0, 0.05) is 10.6 Å². The third kappa shape index (κ3) is 6.36. The number of carboxylic acids is 1. The molecule has 0 bridgehead atoms. The van der Waals surface area contributed by atoms with E-state index >= 15 is 0 Å². The van der Waals surface area contributed by atoms with Crippen LogP contribution in [0.25, 0.3) is 10.2 Å². The van der Waals surface area contributed by atoms with Gasteiger partial charge in [-0.15, -0.1) is 11.8 Å². The lowest BCUT2D eigenvalue weighted by Crippen LogP contribution is -2.19. The molecule has 1 atom stereocenters. The summed E-state index contributed by atoms with van der Waals surface area (Å²) in [6.07, 6.45) is 0. The van der Waals surface area contributed by atoms with Crippen LogP contribution in [-0.2, 0) is 4.79 Å². The Bertz CT molecular complexity index is 1820. The fraction of sp³-hybridized carbons (Fsp3) is 0.0345. The molecule has 1 heterocycles. The van der Waals surface area contributed by atoms with Crippen molar-refractivity contribution in [3.8, 4) is 0 Å². The van der Waals surface area contributed by atoms with E-state index < -0.39 is 33.3 Å². The van der Waals surface area contributed by atoms with Gasteiger partial charge in [0.15, 0.2) is 5.13 Å². The van der Waals surface area contributed by atoms with E-state index in [0.29, 0.717) is 15.7 Å². The highest BCUT2D eigenvalue weighted by Gasteiger charge is 2.29. The Morgan fingerprint density at radius 1 is 0.786 bits per heavy atom. The van der Waals surface area contributed by atoms with Crippen molar-refractivity contribution in [1.82, 2.24) is 4.98 Å². The third-order valence-corrected chi connectivity index (χ3v) is 9.92. The molecule has 1 aromatic heterocycles. The Labute approximate surface area is 267 Å². The Hall–Kier alpha value is -3.31. The topological polar surface area (TPSA) is 108 Å². The number of nitrogens with zero attached hydrogens (tertiary/aromatic N) is 1. The zero-order valence-corrected chi connectivity index (χ0v) is 25.7. The largest absolute Gasteiger partial charge is 0.478 e. The van der Waals surface area contributed by atoms with Crippen LogP contribution in [0, 0.1) is 0 Å². The second kappa shape index (κ2) is 12.9. The Morgan fingerprint density at radius 3 is 2.14 bits per heavy atom. The van der Waals surface area contributed by atoms with Crippen molar-refractivity contribution in [3.05, 3.63) is 116 Å². The number of anilines is 2. The van der Waals surface area contributed by atoms with E-state index in [1.165, 1.54) is 23.1 Å². The summed E-state index contributed by atoms with van der Waals surface area (Å²) in [6, 6.07) is 23.6. The third-order valence-electron chi connectivity index (χ3n) is 5.92.